The summed E-state index contributed by atoms with van der Waals surface area (Å²) in [7, 11) is 0. The van der Waals surface area contributed by atoms with Gasteiger partial charge < -0.3 is 14.6 Å². The van der Waals surface area contributed by atoms with Crippen LogP contribution in [0.3, 0.4) is 0 Å². The SMILES string of the molecule is Cc1ccc(C)n1-c1ccc(C(=O)OCC(=O)Nc2ccccc2)cc1. The maximum Gasteiger partial charge on any atom is 0.338 e. The molecule has 132 valence electrons. The molecule has 0 aliphatic heterocycles. The molecule has 0 bridgehead atoms. The fraction of sp³-hybridized carbons (Fsp3) is 0.143. The van der Waals surface area contributed by atoms with Gasteiger partial charge in [-0.25, -0.2) is 4.79 Å². The summed E-state index contributed by atoms with van der Waals surface area (Å²) in [6.07, 6.45) is 0. The molecule has 5 heteroatoms. The second kappa shape index (κ2) is 7.70. The van der Waals surface area contributed by atoms with Crippen LogP contribution in [0.2, 0.25) is 0 Å². The molecular formula is C21H20N2O3. The number of hydrogen-bond donors (Lipinski definition) is 1. The van der Waals surface area contributed by atoms with Crippen LogP contribution >= 0.6 is 0 Å². The lowest BCUT2D eigenvalue weighted by atomic mass is 10.2. The molecule has 26 heavy (non-hydrogen) atoms. The van der Waals surface area contributed by atoms with Crippen molar-refractivity contribution in [3.63, 3.8) is 0 Å². The molecule has 1 N–H and O–H groups in total. The van der Waals surface area contributed by atoms with E-state index in [-0.39, 0.29) is 12.5 Å². The molecule has 1 heterocycles. The third-order valence-corrected chi connectivity index (χ3v) is 4.02. The van der Waals surface area contributed by atoms with Gasteiger partial charge in [-0.3, -0.25) is 4.79 Å². The number of aryl methyl sites for hydroxylation is 2. The van der Waals surface area contributed by atoms with Gasteiger partial charge in [-0.15, -0.1) is 0 Å². The maximum atomic E-state index is 12.1. The van der Waals surface area contributed by atoms with Crippen molar-refractivity contribution in [1.82, 2.24) is 4.57 Å². The summed E-state index contributed by atoms with van der Waals surface area (Å²) in [4.78, 5) is 24.0. The molecule has 0 aliphatic carbocycles. The molecule has 0 spiro atoms. The number of anilines is 1. The Bertz CT molecular complexity index is 893. The molecule has 0 atom stereocenters. The largest absolute Gasteiger partial charge is 0.452 e. The van der Waals surface area contributed by atoms with Crippen LogP contribution in [0, 0.1) is 13.8 Å². The van der Waals surface area contributed by atoms with Gasteiger partial charge in [0.05, 0.1) is 5.56 Å². The predicted octanol–water partition coefficient (Wildman–Crippen LogP) is 3.89. The van der Waals surface area contributed by atoms with Gasteiger partial charge in [-0.2, -0.15) is 0 Å². The number of carbonyl (C=O) groups excluding carboxylic acids is 2. The number of carbonyl (C=O) groups is 2. The van der Waals surface area contributed by atoms with Crippen LogP contribution in [-0.2, 0) is 9.53 Å². The average molecular weight is 348 g/mol. The van der Waals surface area contributed by atoms with E-state index >= 15 is 0 Å². The van der Waals surface area contributed by atoms with Crippen molar-refractivity contribution in [1.29, 1.82) is 0 Å². The molecule has 0 saturated heterocycles. The number of benzene rings is 2. The van der Waals surface area contributed by atoms with Crippen LogP contribution in [-0.4, -0.2) is 23.1 Å². The van der Waals surface area contributed by atoms with Crippen molar-refractivity contribution in [2.45, 2.75) is 13.8 Å². The van der Waals surface area contributed by atoms with Crippen LogP contribution in [0.5, 0.6) is 0 Å². The number of aromatic nitrogens is 1. The zero-order valence-electron chi connectivity index (χ0n) is 14.7. The monoisotopic (exact) mass is 348 g/mol. The average Bonchev–Trinajstić information content (AvgIpc) is 2.99. The van der Waals surface area contributed by atoms with Crippen molar-refractivity contribution < 1.29 is 14.3 Å². The van der Waals surface area contributed by atoms with E-state index in [0.29, 0.717) is 11.3 Å². The van der Waals surface area contributed by atoms with E-state index in [1.807, 2.05) is 56.3 Å². The van der Waals surface area contributed by atoms with Gasteiger partial charge in [-0.1, -0.05) is 18.2 Å². The van der Waals surface area contributed by atoms with Crippen molar-refractivity contribution >= 4 is 17.6 Å². The second-order valence-electron chi connectivity index (χ2n) is 5.99. The van der Waals surface area contributed by atoms with Gasteiger partial charge in [-0.05, 0) is 62.4 Å². The topological polar surface area (TPSA) is 60.3 Å². The normalized spacial score (nSPS) is 10.4. The number of nitrogens with one attached hydrogen (secondary N) is 1. The summed E-state index contributed by atoms with van der Waals surface area (Å²) in [6, 6.07) is 20.2. The molecule has 1 aromatic heterocycles. The molecule has 0 saturated carbocycles. The fourth-order valence-corrected chi connectivity index (χ4v) is 2.76. The van der Waals surface area contributed by atoms with Gasteiger partial charge in [0.25, 0.3) is 5.91 Å². The van der Waals surface area contributed by atoms with Crippen molar-refractivity contribution in [3.05, 3.63) is 83.7 Å². The van der Waals surface area contributed by atoms with E-state index < -0.39 is 5.97 Å². The molecular weight excluding hydrogens is 328 g/mol. The number of hydrogen-bond acceptors (Lipinski definition) is 3. The van der Waals surface area contributed by atoms with Crippen molar-refractivity contribution in [2.24, 2.45) is 0 Å². The van der Waals surface area contributed by atoms with E-state index in [1.165, 1.54) is 0 Å². The van der Waals surface area contributed by atoms with Gasteiger partial charge in [0, 0.05) is 22.8 Å². The highest BCUT2D eigenvalue weighted by molar-refractivity contribution is 5.95. The standard InChI is InChI=1S/C21H20N2O3/c1-15-8-9-16(2)23(15)19-12-10-17(11-13-19)21(25)26-14-20(24)22-18-6-4-3-5-7-18/h3-13H,14H2,1-2H3,(H,22,24). The Morgan fingerprint density at radius 1 is 0.885 bits per heavy atom. The first-order valence-corrected chi connectivity index (χ1v) is 8.32. The Kier molecular flexibility index (Phi) is 5.17. The Balaban J connectivity index is 1.59. The van der Waals surface area contributed by atoms with Crippen LogP contribution < -0.4 is 5.32 Å². The second-order valence-corrected chi connectivity index (χ2v) is 5.99. The van der Waals surface area contributed by atoms with E-state index in [4.69, 9.17) is 4.74 Å². The molecule has 1 amide bonds. The summed E-state index contributed by atoms with van der Waals surface area (Å²) in [5.41, 5.74) is 4.29. The molecule has 3 aromatic rings. The molecule has 0 radical (unpaired) electrons. The van der Waals surface area contributed by atoms with Crippen molar-refractivity contribution in [2.75, 3.05) is 11.9 Å². The van der Waals surface area contributed by atoms with E-state index in [0.717, 1.165) is 17.1 Å². The number of rotatable bonds is 5. The smallest absolute Gasteiger partial charge is 0.338 e. The van der Waals surface area contributed by atoms with Crippen LogP contribution in [0.1, 0.15) is 21.7 Å². The van der Waals surface area contributed by atoms with Gasteiger partial charge >= 0.3 is 5.97 Å². The lowest BCUT2D eigenvalue weighted by Gasteiger charge is -2.10. The summed E-state index contributed by atoms with van der Waals surface area (Å²) in [5, 5.41) is 2.67. The van der Waals surface area contributed by atoms with Crippen molar-refractivity contribution in [3.8, 4) is 5.69 Å². The lowest BCUT2D eigenvalue weighted by molar-refractivity contribution is -0.119. The fourth-order valence-electron chi connectivity index (χ4n) is 2.76. The lowest BCUT2D eigenvalue weighted by Crippen LogP contribution is -2.20. The zero-order chi connectivity index (χ0) is 18.5. The van der Waals surface area contributed by atoms with Crippen LogP contribution in [0.25, 0.3) is 5.69 Å². The van der Waals surface area contributed by atoms with E-state index in [2.05, 4.69) is 9.88 Å². The Morgan fingerprint density at radius 2 is 1.50 bits per heavy atom. The first kappa shape index (κ1) is 17.5. The minimum Gasteiger partial charge on any atom is -0.452 e. The number of para-hydroxylation sites is 1. The number of esters is 1. The first-order chi connectivity index (χ1) is 12.5. The Morgan fingerprint density at radius 3 is 2.12 bits per heavy atom. The molecule has 2 aromatic carbocycles. The number of nitrogens with zero attached hydrogens (tertiary/aromatic N) is 1. The maximum absolute atomic E-state index is 12.1. The van der Waals surface area contributed by atoms with E-state index in [1.54, 1.807) is 24.3 Å². The van der Waals surface area contributed by atoms with Crippen LogP contribution in [0.15, 0.2) is 66.7 Å². The first-order valence-electron chi connectivity index (χ1n) is 8.32. The highest BCUT2D eigenvalue weighted by Crippen LogP contribution is 2.17. The Hall–Kier alpha value is -3.34. The highest BCUT2D eigenvalue weighted by Gasteiger charge is 2.11. The predicted molar refractivity (Wildman–Crippen MR) is 101 cm³/mol. The molecule has 5 nitrogen and oxygen atoms in total. The summed E-state index contributed by atoms with van der Waals surface area (Å²) < 4.78 is 7.18. The molecule has 0 fully saturated rings. The van der Waals surface area contributed by atoms with Crippen LogP contribution in [0.4, 0.5) is 5.69 Å². The molecule has 3 rings (SSSR count). The highest BCUT2D eigenvalue weighted by atomic mass is 16.5. The zero-order valence-corrected chi connectivity index (χ0v) is 14.7. The number of amides is 1. The summed E-state index contributed by atoms with van der Waals surface area (Å²) >= 11 is 0. The van der Waals surface area contributed by atoms with Gasteiger partial charge in [0.15, 0.2) is 6.61 Å². The summed E-state index contributed by atoms with van der Waals surface area (Å²) in [6.45, 7) is 3.73. The minimum atomic E-state index is -0.527. The van der Waals surface area contributed by atoms with Gasteiger partial charge in [0.2, 0.25) is 0 Å². The molecule has 0 aliphatic rings. The third-order valence-electron chi connectivity index (χ3n) is 4.02. The third kappa shape index (κ3) is 4.00. The number of ether oxygens (including phenoxy) is 1. The van der Waals surface area contributed by atoms with Gasteiger partial charge in [0.1, 0.15) is 0 Å². The minimum absolute atomic E-state index is 0.328. The summed E-state index contributed by atoms with van der Waals surface area (Å²) in [5.74, 6) is -0.902. The Labute approximate surface area is 152 Å². The molecule has 0 unspecified atom stereocenters. The quantitative estimate of drug-likeness (QED) is 0.712. The van der Waals surface area contributed by atoms with E-state index in [9.17, 15) is 9.59 Å².